The highest BCUT2D eigenvalue weighted by atomic mass is 16.5. The van der Waals surface area contributed by atoms with Crippen LogP contribution in [0.5, 0.6) is 11.5 Å². The number of fused-ring (bicyclic) bond motifs is 16. The van der Waals surface area contributed by atoms with Crippen molar-refractivity contribution in [3.05, 3.63) is 299 Å². The third kappa shape index (κ3) is 9.38. The molecule has 0 aliphatic carbocycles. The van der Waals surface area contributed by atoms with E-state index in [1.54, 1.807) is 0 Å². The minimum Gasteiger partial charge on any atom is -0.457 e. The zero-order chi connectivity index (χ0) is 72.3. The summed E-state index contributed by atoms with van der Waals surface area (Å²) in [5, 5.41) is 4.77. The maximum absolute atomic E-state index is 9.60. The van der Waals surface area contributed by atoms with Gasteiger partial charge in [-0.15, -0.1) is 0 Å². The lowest BCUT2D eigenvalue weighted by molar-refractivity contribution is 0.435. The second-order valence-electron chi connectivity index (χ2n) is 33.0. The van der Waals surface area contributed by atoms with Crippen LogP contribution in [0.15, 0.2) is 249 Å². The van der Waals surface area contributed by atoms with E-state index in [1.165, 1.54) is 49.4 Å². The van der Waals surface area contributed by atoms with Gasteiger partial charge in [0.25, 0.3) is 0 Å². The van der Waals surface area contributed by atoms with E-state index in [0.717, 1.165) is 112 Å². The maximum atomic E-state index is 9.60. The van der Waals surface area contributed by atoms with Crippen LogP contribution in [-0.4, -0.2) is 15.8 Å². The van der Waals surface area contributed by atoms with Gasteiger partial charge in [-0.1, -0.05) is 255 Å². The maximum Gasteiger partial charge on any atom is 0.247 e. The highest BCUT2D eigenvalue weighted by Crippen LogP contribution is 2.59. The SMILES string of the molecule is [2H]c1c([2H])c([2H])c(-c2ccc3c(c2)N(c2ccc(C(C)(C)C)cc2-c2ccccc2)c2cc(-n4c5ccc(C(C)(C)C)cc5c5cc(C(C)(C)C)ccc54)cc4c2B3c2ccc(-n3c5ccc(C(C)(C)C)cc5c5cc(C(C)(C)C)ccc53)cc2C42c3ccccc3Oc3ccccc32)c([2H])c1[2H]. The van der Waals surface area contributed by atoms with Gasteiger partial charge in [-0.3, -0.25) is 0 Å². The summed E-state index contributed by atoms with van der Waals surface area (Å²) >= 11 is 0. The lowest BCUT2D eigenvalue weighted by Crippen LogP contribution is -2.65. The molecule has 12 aromatic carbocycles. The molecule has 1 spiro atoms. The smallest absolute Gasteiger partial charge is 0.247 e. The number of benzene rings is 12. The molecule has 0 atom stereocenters. The second kappa shape index (κ2) is 21.5. The number of para-hydroxylation sites is 2. The van der Waals surface area contributed by atoms with Crippen LogP contribution < -0.4 is 26.0 Å². The Morgan fingerprint density at radius 2 is 0.786 bits per heavy atom. The van der Waals surface area contributed by atoms with Gasteiger partial charge in [0, 0.05) is 61.0 Å². The van der Waals surface area contributed by atoms with Gasteiger partial charge in [-0.2, -0.15) is 0 Å². The summed E-state index contributed by atoms with van der Waals surface area (Å²) in [4.78, 5) is 2.46. The second-order valence-corrected chi connectivity index (χ2v) is 33.0. The summed E-state index contributed by atoms with van der Waals surface area (Å²) in [6.07, 6.45) is 0. The van der Waals surface area contributed by atoms with E-state index >= 15 is 0 Å². The summed E-state index contributed by atoms with van der Waals surface area (Å²) in [6, 6.07) is 80.2. The molecular weight excluding hydrogens is 1190 g/mol. The van der Waals surface area contributed by atoms with Crippen molar-refractivity contribution in [1.82, 2.24) is 9.13 Å². The van der Waals surface area contributed by atoms with Crippen molar-refractivity contribution < 1.29 is 11.6 Å². The number of aromatic nitrogens is 2. The molecule has 482 valence electrons. The summed E-state index contributed by atoms with van der Waals surface area (Å²) in [7, 11) is 0. The molecule has 5 heterocycles. The molecule has 0 saturated heterocycles. The fourth-order valence-corrected chi connectivity index (χ4v) is 16.4. The average molecular weight is 1280 g/mol. The van der Waals surface area contributed by atoms with E-state index in [-0.39, 0.29) is 56.8 Å². The Labute approximate surface area is 586 Å². The van der Waals surface area contributed by atoms with E-state index in [9.17, 15) is 2.74 Å². The van der Waals surface area contributed by atoms with Gasteiger partial charge in [0.1, 0.15) is 11.5 Å². The Morgan fingerprint density at radius 3 is 1.30 bits per heavy atom. The van der Waals surface area contributed by atoms with Crippen LogP contribution in [0.2, 0.25) is 0 Å². The Balaban J connectivity index is 1.08. The van der Waals surface area contributed by atoms with Gasteiger partial charge in [-0.05, 0) is 197 Å². The zero-order valence-corrected chi connectivity index (χ0v) is 59.1. The summed E-state index contributed by atoms with van der Waals surface area (Å²) in [5.41, 5.74) is 23.9. The first kappa shape index (κ1) is 56.0. The molecule has 2 aromatic heterocycles. The fourth-order valence-electron chi connectivity index (χ4n) is 16.4. The van der Waals surface area contributed by atoms with E-state index in [4.69, 9.17) is 8.85 Å². The van der Waals surface area contributed by atoms with Crippen molar-refractivity contribution in [2.45, 2.75) is 136 Å². The van der Waals surface area contributed by atoms with Gasteiger partial charge >= 0.3 is 0 Å². The molecule has 17 rings (SSSR count). The van der Waals surface area contributed by atoms with Crippen molar-refractivity contribution >= 4 is 83.8 Å². The lowest BCUT2D eigenvalue weighted by Gasteiger charge is -2.50. The van der Waals surface area contributed by atoms with E-state index in [2.05, 4.69) is 330 Å². The Hall–Kier alpha value is -10.1. The molecule has 5 heteroatoms. The number of hydrogen-bond donors (Lipinski definition) is 0. The third-order valence-corrected chi connectivity index (χ3v) is 21.7. The summed E-state index contributed by atoms with van der Waals surface area (Å²) in [6.45, 7) is 33.9. The molecule has 3 aliphatic heterocycles. The summed E-state index contributed by atoms with van der Waals surface area (Å²) < 4.78 is 58.5. The van der Waals surface area contributed by atoms with Crippen LogP contribution in [0.1, 0.15) is 161 Å². The average Bonchev–Trinajstić information content (AvgIpc) is 1.05. The molecule has 0 radical (unpaired) electrons. The van der Waals surface area contributed by atoms with Crippen LogP contribution in [0.4, 0.5) is 17.1 Å². The molecule has 0 amide bonds. The standard InChI is InChI=1S/C93H86BN3O/c1-88(2,3)60-35-43-78(67(49-60)58-28-20-17-21-29-58)97-83-48-59(57-26-18-16-19-27-57)34-41-77(83)94-76-42-40-65(95-79-44-36-61(89(4,5)6)50-68(79)69-51-62(90(7,8)9)37-45-80(69)95)54-74(76)93(72-30-22-24-32-85(72)98-86-33-25-23-31-73(86)93)75-55-66(56-84(97)87(75)94)96-81-46-38-63(91(10,11)12)52-70(81)71-53-64(92(13,14)15)39-47-82(71)96/h16-56H,1-15H3/i16D,18D,19D,26D,27D. The fraction of sp³-hybridized carbons (Fsp3) is 0.226. The van der Waals surface area contributed by atoms with E-state index in [1.807, 2.05) is 6.07 Å². The summed E-state index contributed by atoms with van der Waals surface area (Å²) in [5.74, 6) is 1.55. The number of rotatable bonds is 5. The van der Waals surface area contributed by atoms with E-state index in [0.29, 0.717) is 5.56 Å². The number of nitrogens with zero attached hydrogens (tertiary/aromatic N) is 3. The quantitative estimate of drug-likeness (QED) is 0.160. The minimum absolute atomic E-state index is 0.0956. The number of hydrogen-bond acceptors (Lipinski definition) is 2. The molecule has 3 aliphatic rings. The Kier molecular flexibility index (Phi) is 12.3. The molecule has 98 heavy (non-hydrogen) atoms. The van der Waals surface area contributed by atoms with E-state index < -0.39 is 18.2 Å². The Bertz CT molecular complexity index is 5740. The first-order valence-corrected chi connectivity index (χ1v) is 34.9. The van der Waals surface area contributed by atoms with Crippen LogP contribution in [0.3, 0.4) is 0 Å². The van der Waals surface area contributed by atoms with Gasteiger partial charge in [0.05, 0.1) is 40.0 Å². The monoisotopic (exact) mass is 1280 g/mol. The predicted octanol–water partition coefficient (Wildman–Crippen LogP) is 22.8. The molecule has 0 bridgehead atoms. The third-order valence-electron chi connectivity index (χ3n) is 21.7. The number of ether oxygens (including phenoxy) is 1. The molecular formula is C93H86BN3O. The van der Waals surface area contributed by atoms with Crippen molar-refractivity contribution in [3.63, 3.8) is 0 Å². The molecule has 4 nitrogen and oxygen atoms in total. The minimum atomic E-state index is -1.06. The van der Waals surface area contributed by atoms with Crippen molar-refractivity contribution in [1.29, 1.82) is 0 Å². The van der Waals surface area contributed by atoms with Gasteiger partial charge in [-0.25, -0.2) is 0 Å². The van der Waals surface area contributed by atoms with Crippen LogP contribution >= 0.6 is 0 Å². The van der Waals surface area contributed by atoms with Gasteiger partial charge in [0.15, 0.2) is 0 Å². The lowest BCUT2D eigenvalue weighted by atomic mass is 9.29. The van der Waals surface area contributed by atoms with Crippen molar-refractivity contribution in [2.24, 2.45) is 0 Å². The van der Waals surface area contributed by atoms with Gasteiger partial charge in [0.2, 0.25) is 6.71 Å². The van der Waals surface area contributed by atoms with Crippen molar-refractivity contribution in [3.8, 4) is 45.1 Å². The molecule has 0 unspecified atom stereocenters. The van der Waals surface area contributed by atoms with Crippen LogP contribution in [0, 0.1) is 0 Å². The normalized spacial score (nSPS) is 14.9. The largest absolute Gasteiger partial charge is 0.457 e. The molecule has 14 aromatic rings. The van der Waals surface area contributed by atoms with Gasteiger partial charge < -0.3 is 18.8 Å². The zero-order valence-electron chi connectivity index (χ0n) is 64.1. The first-order valence-electron chi connectivity index (χ1n) is 37.4. The molecule has 0 saturated carbocycles. The first-order chi connectivity index (χ1) is 48.8. The topological polar surface area (TPSA) is 22.3 Å². The van der Waals surface area contributed by atoms with Crippen molar-refractivity contribution in [2.75, 3.05) is 4.90 Å². The highest BCUT2D eigenvalue weighted by Gasteiger charge is 2.55. The predicted molar refractivity (Wildman–Crippen MR) is 417 cm³/mol. The Morgan fingerprint density at radius 1 is 0.337 bits per heavy atom. The number of anilines is 3. The highest BCUT2D eigenvalue weighted by molar-refractivity contribution is 6.99. The molecule has 0 fully saturated rings. The van der Waals surface area contributed by atoms with Crippen LogP contribution in [0.25, 0.3) is 77.2 Å². The molecule has 0 N–H and O–H groups in total. The van der Waals surface area contributed by atoms with Crippen LogP contribution in [-0.2, 0) is 32.5 Å².